The van der Waals surface area contributed by atoms with Crippen LogP contribution < -0.4 is 5.56 Å². The Balaban J connectivity index is 3.33. The SMILES string of the molecule is CC(C)c1c(O)nc(C(C)Cl)[nH]c1=O. The first-order valence-electron chi connectivity index (χ1n) is 4.40. The van der Waals surface area contributed by atoms with Crippen LogP contribution in [0.5, 0.6) is 5.88 Å². The van der Waals surface area contributed by atoms with Crippen molar-refractivity contribution >= 4 is 11.6 Å². The Morgan fingerprint density at radius 2 is 2.00 bits per heavy atom. The highest BCUT2D eigenvalue weighted by atomic mass is 35.5. The number of rotatable bonds is 2. The van der Waals surface area contributed by atoms with Crippen LogP contribution >= 0.6 is 11.6 Å². The Morgan fingerprint density at radius 1 is 1.43 bits per heavy atom. The molecule has 0 aliphatic rings. The standard InChI is InChI=1S/C9H13ClN2O2/c1-4(2)6-8(13)11-7(5(3)10)12-9(6)14/h4-5H,1-3H3,(H2,11,12,13,14). The van der Waals surface area contributed by atoms with Crippen LogP contribution in [0, 0.1) is 0 Å². The van der Waals surface area contributed by atoms with Gasteiger partial charge in [-0.15, -0.1) is 11.6 Å². The largest absolute Gasteiger partial charge is 0.493 e. The summed E-state index contributed by atoms with van der Waals surface area (Å²) in [7, 11) is 0. The quantitative estimate of drug-likeness (QED) is 0.742. The summed E-state index contributed by atoms with van der Waals surface area (Å²) < 4.78 is 0. The molecule has 0 fully saturated rings. The lowest BCUT2D eigenvalue weighted by Gasteiger charge is -2.08. The first-order valence-corrected chi connectivity index (χ1v) is 4.84. The van der Waals surface area contributed by atoms with Crippen molar-refractivity contribution in [1.29, 1.82) is 0 Å². The molecule has 0 saturated heterocycles. The number of nitrogens with one attached hydrogen (secondary N) is 1. The van der Waals surface area contributed by atoms with Crippen LogP contribution in [0.3, 0.4) is 0 Å². The Hall–Kier alpha value is -1.03. The van der Waals surface area contributed by atoms with Gasteiger partial charge in [-0.25, -0.2) is 0 Å². The van der Waals surface area contributed by atoms with Crippen LogP contribution in [-0.2, 0) is 0 Å². The number of alkyl halides is 1. The number of aromatic amines is 1. The predicted octanol–water partition coefficient (Wildman–Crippen LogP) is 1.90. The van der Waals surface area contributed by atoms with E-state index >= 15 is 0 Å². The van der Waals surface area contributed by atoms with Gasteiger partial charge in [0, 0.05) is 0 Å². The fourth-order valence-electron chi connectivity index (χ4n) is 1.20. The molecule has 0 aliphatic carbocycles. The molecule has 1 aromatic rings. The molecule has 14 heavy (non-hydrogen) atoms. The summed E-state index contributed by atoms with van der Waals surface area (Å²) in [5.41, 5.74) is -0.0268. The number of halogens is 1. The Morgan fingerprint density at radius 3 is 2.36 bits per heavy atom. The summed E-state index contributed by atoms with van der Waals surface area (Å²) in [5.74, 6) is -0.00394. The van der Waals surface area contributed by atoms with Gasteiger partial charge in [-0.3, -0.25) is 4.79 Å². The zero-order chi connectivity index (χ0) is 10.9. The van der Waals surface area contributed by atoms with E-state index in [-0.39, 0.29) is 17.4 Å². The molecule has 1 atom stereocenters. The third-order valence-electron chi connectivity index (χ3n) is 1.91. The number of hydrogen-bond donors (Lipinski definition) is 2. The Kier molecular flexibility index (Phi) is 3.16. The van der Waals surface area contributed by atoms with E-state index < -0.39 is 5.38 Å². The van der Waals surface area contributed by atoms with Gasteiger partial charge in [-0.05, 0) is 12.8 Å². The van der Waals surface area contributed by atoms with E-state index in [1.165, 1.54) is 0 Å². The molecule has 5 heteroatoms. The molecule has 1 unspecified atom stereocenters. The fourth-order valence-corrected chi connectivity index (χ4v) is 1.30. The van der Waals surface area contributed by atoms with E-state index in [1.807, 2.05) is 13.8 Å². The number of aromatic nitrogens is 2. The summed E-state index contributed by atoms with van der Waals surface area (Å²) >= 11 is 5.74. The van der Waals surface area contributed by atoms with Crippen molar-refractivity contribution in [2.24, 2.45) is 0 Å². The van der Waals surface area contributed by atoms with Crippen molar-refractivity contribution in [3.63, 3.8) is 0 Å². The van der Waals surface area contributed by atoms with E-state index in [1.54, 1.807) is 6.92 Å². The maximum atomic E-state index is 11.5. The highest BCUT2D eigenvalue weighted by Gasteiger charge is 2.15. The smallest absolute Gasteiger partial charge is 0.258 e. The summed E-state index contributed by atoms with van der Waals surface area (Å²) in [4.78, 5) is 17.9. The van der Waals surface area contributed by atoms with E-state index in [0.29, 0.717) is 11.4 Å². The average Bonchev–Trinajstić information content (AvgIpc) is 2.01. The molecule has 2 N–H and O–H groups in total. The molecular formula is C9H13ClN2O2. The van der Waals surface area contributed by atoms with E-state index in [4.69, 9.17) is 11.6 Å². The highest BCUT2D eigenvalue weighted by molar-refractivity contribution is 6.20. The number of H-pyrrole nitrogens is 1. The minimum absolute atomic E-state index is 0.0640. The van der Waals surface area contributed by atoms with Gasteiger partial charge >= 0.3 is 0 Å². The fraction of sp³-hybridized carbons (Fsp3) is 0.556. The van der Waals surface area contributed by atoms with Crippen molar-refractivity contribution in [3.05, 3.63) is 21.7 Å². The Bertz CT molecular complexity index is 385. The zero-order valence-electron chi connectivity index (χ0n) is 8.34. The molecule has 4 nitrogen and oxygen atoms in total. The summed E-state index contributed by atoms with van der Waals surface area (Å²) in [6.45, 7) is 5.31. The van der Waals surface area contributed by atoms with Gasteiger partial charge in [0.2, 0.25) is 5.88 Å². The molecule has 0 aliphatic heterocycles. The molecule has 1 rings (SSSR count). The maximum absolute atomic E-state index is 11.5. The third kappa shape index (κ3) is 2.07. The summed E-state index contributed by atoms with van der Waals surface area (Å²) in [5, 5.41) is 9.08. The first kappa shape index (κ1) is 11.0. The summed E-state index contributed by atoms with van der Waals surface area (Å²) in [6.07, 6.45) is 0. The van der Waals surface area contributed by atoms with Gasteiger partial charge in [0.1, 0.15) is 5.82 Å². The van der Waals surface area contributed by atoms with Crippen molar-refractivity contribution in [3.8, 4) is 5.88 Å². The lowest BCUT2D eigenvalue weighted by molar-refractivity contribution is 0.435. The summed E-state index contributed by atoms with van der Waals surface area (Å²) in [6, 6.07) is 0. The van der Waals surface area contributed by atoms with Crippen molar-refractivity contribution in [2.75, 3.05) is 0 Å². The number of hydrogen-bond acceptors (Lipinski definition) is 3. The molecule has 78 valence electrons. The van der Waals surface area contributed by atoms with Crippen molar-refractivity contribution in [1.82, 2.24) is 9.97 Å². The van der Waals surface area contributed by atoms with Crippen LogP contribution in [-0.4, -0.2) is 15.1 Å². The molecule has 0 saturated carbocycles. The van der Waals surface area contributed by atoms with Crippen LogP contribution in [0.2, 0.25) is 0 Å². The number of nitrogens with zero attached hydrogens (tertiary/aromatic N) is 1. The minimum atomic E-state index is -0.421. The van der Waals surface area contributed by atoms with E-state index in [9.17, 15) is 9.90 Å². The van der Waals surface area contributed by atoms with Crippen LogP contribution in [0.1, 0.15) is 43.5 Å². The first-order chi connectivity index (χ1) is 6.43. The van der Waals surface area contributed by atoms with Gasteiger partial charge in [0.15, 0.2) is 0 Å². The van der Waals surface area contributed by atoms with Crippen molar-refractivity contribution < 1.29 is 5.11 Å². The topological polar surface area (TPSA) is 66.0 Å². The van der Waals surface area contributed by atoms with Crippen LogP contribution in [0.4, 0.5) is 0 Å². The molecule has 0 radical (unpaired) electrons. The third-order valence-corrected chi connectivity index (χ3v) is 2.11. The van der Waals surface area contributed by atoms with Gasteiger partial charge in [-0.1, -0.05) is 13.8 Å². The molecule has 1 heterocycles. The maximum Gasteiger partial charge on any atom is 0.258 e. The monoisotopic (exact) mass is 216 g/mol. The average molecular weight is 217 g/mol. The molecule has 0 spiro atoms. The predicted molar refractivity (Wildman–Crippen MR) is 54.9 cm³/mol. The second-order valence-electron chi connectivity index (χ2n) is 3.46. The zero-order valence-corrected chi connectivity index (χ0v) is 9.09. The minimum Gasteiger partial charge on any atom is -0.493 e. The van der Waals surface area contributed by atoms with E-state index in [0.717, 1.165) is 0 Å². The Labute approximate surface area is 87.0 Å². The lowest BCUT2D eigenvalue weighted by Crippen LogP contribution is -2.18. The molecule has 1 aromatic heterocycles. The second-order valence-corrected chi connectivity index (χ2v) is 4.11. The van der Waals surface area contributed by atoms with Crippen molar-refractivity contribution in [2.45, 2.75) is 32.1 Å². The van der Waals surface area contributed by atoms with E-state index in [2.05, 4.69) is 9.97 Å². The van der Waals surface area contributed by atoms with Gasteiger partial charge in [0.25, 0.3) is 5.56 Å². The number of aromatic hydroxyl groups is 1. The van der Waals surface area contributed by atoms with Gasteiger partial charge < -0.3 is 10.1 Å². The molecule has 0 amide bonds. The normalized spacial score (nSPS) is 13.2. The van der Waals surface area contributed by atoms with Crippen LogP contribution in [0.25, 0.3) is 0 Å². The molecule has 0 bridgehead atoms. The lowest BCUT2D eigenvalue weighted by atomic mass is 10.1. The second kappa shape index (κ2) is 4.00. The highest BCUT2D eigenvalue weighted by Crippen LogP contribution is 2.21. The molecular weight excluding hydrogens is 204 g/mol. The molecule has 0 aromatic carbocycles. The van der Waals surface area contributed by atoms with Crippen LogP contribution in [0.15, 0.2) is 4.79 Å². The van der Waals surface area contributed by atoms with Gasteiger partial charge in [-0.2, -0.15) is 4.98 Å². The van der Waals surface area contributed by atoms with Gasteiger partial charge in [0.05, 0.1) is 10.9 Å².